The van der Waals surface area contributed by atoms with Gasteiger partial charge in [0.15, 0.2) is 17.8 Å². The highest BCUT2D eigenvalue weighted by Crippen LogP contribution is 2.55. The van der Waals surface area contributed by atoms with E-state index in [-0.39, 0.29) is 123 Å². The maximum Gasteiger partial charge on any atom is 0.255 e. The molecule has 8 bridgehead atoms. The van der Waals surface area contributed by atoms with E-state index >= 15 is 9.59 Å². The van der Waals surface area contributed by atoms with Crippen LogP contribution in [0.4, 0.5) is 0 Å². The van der Waals surface area contributed by atoms with Crippen LogP contribution < -0.4 is 73.4 Å². The normalized spacial score (nSPS) is 27.4. The molecule has 34 heteroatoms. The molecule has 15 unspecified atom stereocenters. The third kappa shape index (κ3) is 21.8. The molecule has 4 heterocycles. The van der Waals surface area contributed by atoms with Crippen molar-refractivity contribution in [2.24, 2.45) is 46.8 Å². The summed E-state index contributed by atoms with van der Waals surface area (Å²) in [5.74, 6) is -9.66. The molecule has 4 aliphatic heterocycles. The smallest absolute Gasteiger partial charge is 0.255 e. The Bertz CT molecular complexity index is 4470. The highest BCUT2D eigenvalue weighted by atomic mass is 35.5. The van der Waals surface area contributed by atoms with Crippen LogP contribution in [0.15, 0.2) is 84.9 Å². The van der Waals surface area contributed by atoms with Gasteiger partial charge in [-0.05, 0) is 178 Å². The Balaban J connectivity index is 0.977. The van der Waals surface area contributed by atoms with E-state index in [1.165, 1.54) is 86.8 Å². The fraction of sp³-hybridized carbons (Fsp3) is 0.536. The van der Waals surface area contributed by atoms with Gasteiger partial charge in [-0.3, -0.25) is 48.5 Å². The lowest BCUT2D eigenvalue weighted by atomic mass is 9.54. The van der Waals surface area contributed by atoms with Crippen LogP contribution in [0.1, 0.15) is 171 Å². The van der Waals surface area contributed by atoms with Crippen LogP contribution in [-0.2, 0) is 68.5 Å². The Labute approximate surface area is 688 Å². The highest BCUT2D eigenvalue weighted by Gasteiger charge is 2.51. The zero-order valence-electron chi connectivity index (χ0n) is 67.2. The average molecular weight is 1660 g/mol. The first-order chi connectivity index (χ1) is 56.1. The quantitative estimate of drug-likeness (QED) is 0.0262. The Morgan fingerprint density at radius 2 is 1.50 bits per heavy atom. The number of rotatable bonds is 31. The number of benzene rings is 5. The summed E-state index contributed by atoms with van der Waals surface area (Å²) < 4.78 is 50.5. The number of aliphatic hydroxyl groups is 4. The van der Waals surface area contributed by atoms with Crippen LogP contribution in [0.5, 0.6) is 46.0 Å². The van der Waals surface area contributed by atoms with Crippen LogP contribution in [0.2, 0.25) is 5.02 Å². The number of ether oxygens (including phenoxy) is 8. The second-order valence-electron chi connectivity index (χ2n) is 32.5. The predicted molar refractivity (Wildman–Crippen MR) is 426 cm³/mol. The summed E-state index contributed by atoms with van der Waals surface area (Å²) in [6.45, 7) is 12.3. The molecule has 0 spiro atoms. The number of carbonyl (C=O) groups is 9. The number of nitrogens with one attached hydrogen (secondary N) is 7. The van der Waals surface area contributed by atoms with E-state index in [1.54, 1.807) is 32.9 Å². The van der Waals surface area contributed by atoms with Gasteiger partial charge in [0.2, 0.25) is 59.3 Å². The zero-order valence-corrected chi connectivity index (χ0v) is 67.9. The minimum absolute atomic E-state index is 0.00565. The number of phenolic OH excluding ortho intramolecular Hbond substituents is 2. The molecule has 9 amide bonds. The van der Waals surface area contributed by atoms with Crippen molar-refractivity contribution < 1.29 is 112 Å². The molecule has 13 rings (SSSR count). The van der Waals surface area contributed by atoms with Crippen molar-refractivity contribution >= 4 is 64.8 Å². The number of hydrogen-bond acceptors (Lipinski definition) is 25. The van der Waals surface area contributed by atoms with Crippen molar-refractivity contribution in [1.29, 1.82) is 0 Å². The minimum Gasteiger partial charge on any atom is -0.508 e. The molecule has 4 saturated carbocycles. The van der Waals surface area contributed by atoms with E-state index in [4.69, 9.17) is 66.7 Å². The number of halogens is 1. The van der Waals surface area contributed by atoms with Gasteiger partial charge < -0.3 is 118 Å². The van der Waals surface area contributed by atoms with Crippen molar-refractivity contribution in [3.05, 3.63) is 118 Å². The molecule has 6 fully saturated rings. The van der Waals surface area contributed by atoms with Gasteiger partial charge in [-0.15, -0.1) is 0 Å². The summed E-state index contributed by atoms with van der Waals surface area (Å²) in [4.78, 5) is 128. The van der Waals surface area contributed by atoms with Gasteiger partial charge in [0, 0.05) is 60.5 Å². The number of fused-ring (bicyclic) bond motifs is 9. The first-order valence-electron chi connectivity index (χ1n) is 40.0. The third-order valence-corrected chi connectivity index (χ3v) is 23.2. The zero-order chi connectivity index (χ0) is 85.3. The number of nitrogens with two attached hydrogens (primary N) is 3. The van der Waals surface area contributed by atoms with Crippen LogP contribution in [0, 0.1) is 29.6 Å². The molecule has 8 aliphatic rings. The van der Waals surface area contributed by atoms with Crippen LogP contribution in [0.25, 0.3) is 11.1 Å². The molecule has 118 heavy (non-hydrogen) atoms. The average Bonchev–Trinajstić information content (AvgIpc) is 0.767. The number of primary amides is 2. The topological polar surface area (TPSA) is 511 Å². The molecule has 33 nitrogen and oxygen atoms in total. The second kappa shape index (κ2) is 39.0. The number of likely N-dealkylation sites (N-methyl/N-ethyl adjacent to an activating group) is 1. The van der Waals surface area contributed by atoms with Gasteiger partial charge >= 0.3 is 0 Å². The van der Waals surface area contributed by atoms with Crippen LogP contribution in [-0.4, -0.2) is 190 Å². The van der Waals surface area contributed by atoms with E-state index in [0.29, 0.717) is 42.5 Å². The highest BCUT2D eigenvalue weighted by molar-refractivity contribution is 6.32. The van der Waals surface area contributed by atoms with Crippen molar-refractivity contribution in [2.75, 3.05) is 33.4 Å². The monoisotopic (exact) mass is 1660 g/mol. The van der Waals surface area contributed by atoms with E-state index in [0.717, 1.165) is 32.1 Å². The lowest BCUT2D eigenvalue weighted by Gasteiger charge is -2.54. The standard InChI is InChI=1S/C84H109ClN10O23/c1-9-89-20-21-112-42(6)79(107)93-67(103)35-57-80(108)95-73(78(87)106)50-30-63(114-52-15-12-46(13-16-52)40(4)71(81(109)90-57)91-66(102)19-10-39(2)3)76(118-83-75(60(100)34-53(38-96)115-83)117-69-37-84(7,88)77(105)41(5)113-69)64(31-50)116-61-18-14-47(29-56(61)85)59(99)36-68(104)92-74(82(110)94-72-48-23-44-22-45(25-48)26-49(72)24-44)55-32-51(97)33-62(111-8)70(55)54-27-43(28-65(86)101)11-17-58(54)98/h11-18,27,29-33,39-42,44-45,48-49,53,57,59-60,69,71-75,77,83,89,96-100,105H,9-10,19-26,28,34-38,88H2,1-8H3,(H2,86,101)(H2,87,106)(H,90,109)(H,91,102)(H,92,104)(H,94,110)(H,95,108)(H,93,103,107). The molecule has 19 N–H and O–H groups in total. The second-order valence-corrected chi connectivity index (χ2v) is 32.9. The number of phenols is 2. The molecular weight excluding hydrogens is 1550 g/mol. The maximum atomic E-state index is 15.3. The van der Waals surface area contributed by atoms with Crippen molar-refractivity contribution in [3.8, 4) is 57.1 Å². The minimum atomic E-state index is -1.98. The Kier molecular flexibility index (Phi) is 29.4. The first kappa shape index (κ1) is 89.0. The molecule has 5 aromatic rings. The SMILES string of the molecule is CCNCCOC(C)C(=O)NC(=O)CC1NC(=O)C(NC(=O)CCC(C)C)C(C)c2ccc(cc2)Oc2cc(cc(Oc3ccc(C(O)CC(=O)NC(C(=O)NC4C5CC6CC(C5)CC4C6)c4cc(O)cc(OC)c4-c4cc(CC(N)=O)ccc4O)cc3Cl)c2OC2OC(CO)CC(O)C2OC2CC(C)(N)C(O)C(C)O2)C(C(N)=O)NC1=O. The molecular formula is C84H109ClN10O23. The lowest BCUT2D eigenvalue weighted by Crippen LogP contribution is -2.62. The number of carbonyl (C=O) groups excluding carboxylic acids is 9. The predicted octanol–water partition coefficient (Wildman–Crippen LogP) is 4.92. The van der Waals surface area contributed by atoms with Gasteiger partial charge in [0.05, 0.1) is 75.1 Å². The Morgan fingerprint density at radius 3 is 2.14 bits per heavy atom. The van der Waals surface area contributed by atoms with E-state index in [2.05, 4.69) is 37.2 Å². The number of hydrogen-bond donors (Lipinski definition) is 16. The summed E-state index contributed by atoms with van der Waals surface area (Å²) in [5.41, 5.74) is 17.9. The maximum absolute atomic E-state index is 15.3. The molecule has 4 aliphatic carbocycles. The van der Waals surface area contributed by atoms with Gasteiger partial charge in [-0.2, -0.15) is 0 Å². The number of methoxy groups -OCH3 is 1. The van der Waals surface area contributed by atoms with Gasteiger partial charge in [-0.25, -0.2) is 0 Å². The Morgan fingerprint density at radius 1 is 0.788 bits per heavy atom. The van der Waals surface area contributed by atoms with Gasteiger partial charge in [0.1, 0.15) is 65.1 Å². The molecule has 5 aromatic carbocycles. The summed E-state index contributed by atoms with van der Waals surface area (Å²) in [7, 11) is 1.31. The molecule has 15 atom stereocenters. The number of imide groups is 1. The molecule has 0 radical (unpaired) electrons. The van der Waals surface area contributed by atoms with E-state index in [9.17, 15) is 64.2 Å². The summed E-state index contributed by atoms with van der Waals surface area (Å²) in [6.07, 6.45) is -9.02. The van der Waals surface area contributed by atoms with Crippen molar-refractivity contribution in [2.45, 2.75) is 222 Å². The van der Waals surface area contributed by atoms with Crippen LogP contribution >= 0.6 is 11.6 Å². The summed E-state index contributed by atoms with van der Waals surface area (Å²) >= 11 is 7.21. The summed E-state index contributed by atoms with van der Waals surface area (Å²) in [6, 6.07) is 12.0. The van der Waals surface area contributed by atoms with Crippen molar-refractivity contribution in [3.63, 3.8) is 0 Å². The third-order valence-electron chi connectivity index (χ3n) is 22.9. The van der Waals surface area contributed by atoms with Gasteiger partial charge in [0.25, 0.3) is 5.91 Å². The lowest BCUT2D eigenvalue weighted by molar-refractivity contribution is -0.316. The fourth-order valence-electron chi connectivity index (χ4n) is 16.9. The largest absolute Gasteiger partial charge is 0.508 e. The Hall–Kier alpha value is -9.78. The number of amides is 9. The van der Waals surface area contributed by atoms with Crippen LogP contribution in [0.3, 0.4) is 0 Å². The molecule has 2 saturated heterocycles. The summed E-state index contributed by atoms with van der Waals surface area (Å²) in [5, 5.41) is 87.7. The first-order valence-corrected chi connectivity index (χ1v) is 40.4. The molecule has 0 aromatic heterocycles. The molecule has 640 valence electrons. The number of aliphatic hydroxyl groups excluding tert-OH is 4. The van der Waals surface area contributed by atoms with Gasteiger partial charge in [-0.1, -0.05) is 63.6 Å². The fourth-order valence-corrected chi connectivity index (χ4v) is 17.1. The van der Waals surface area contributed by atoms with E-state index in [1.807, 2.05) is 20.8 Å². The van der Waals surface area contributed by atoms with Crippen molar-refractivity contribution in [1.82, 2.24) is 37.2 Å². The van der Waals surface area contributed by atoms with E-state index < -0.39 is 175 Å². The number of aromatic hydroxyl groups is 2.